The number of imidazole rings is 1. The van der Waals surface area contributed by atoms with Gasteiger partial charge in [-0.15, -0.1) is 0 Å². The van der Waals surface area contributed by atoms with Crippen LogP contribution < -0.4 is 11.0 Å². The summed E-state index contributed by atoms with van der Waals surface area (Å²) in [6.07, 6.45) is 2.16. The third-order valence-electron chi connectivity index (χ3n) is 10.0. The van der Waals surface area contributed by atoms with Crippen LogP contribution in [0.3, 0.4) is 0 Å². The second-order valence-corrected chi connectivity index (χ2v) is 13.5. The summed E-state index contributed by atoms with van der Waals surface area (Å²) < 4.78 is 9.06. The second kappa shape index (κ2) is 14.5. The maximum atomic E-state index is 14.2. The zero-order valence-corrected chi connectivity index (χ0v) is 29.1. The summed E-state index contributed by atoms with van der Waals surface area (Å²) in [7, 11) is 3.54. The molecule has 7 rings (SSSR count). The molecule has 5 aromatic carbocycles. The van der Waals surface area contributed by atoms with Crippen LogP contribution in [0.25, 0.3) is 16.7 Å². The van der Waals surface area contributed by atoms with Gasteiger partial charge >= 0.3 is 11.7 Å². The first-order valence-corrected chi connectivity index (χ1v) is 17.5. The van der Waals surface area contributed by atoms with Crippen LogP contribution in [0, 0.1) is 0 Å². The number of esters is 1. The van der Waals surface area contributed by atoms with Gasteiger partial charge in [-0.1, -0.05) is 121 Å². The molecule has 1 aliphatic heterocycles. The Kier molecular flexibility index (Phi) is 9.72. The van der Waals surface area contributed by atoms with E-state index in [9.17, 15) is 9.59 Å². The van der Waals surface area contributed by atoms with Crippen molar-refractivity contribution in [1.82, 2.24) is 19.4 Å². The second-order valence-electron chi connectivity index (χ2n) is 13.1. The molecule has 50 heavy (non-hydrogen) atoms. The molecule has 1 fully saturated rings. The van der Waals surface area contributed by atoms with Crippen LogP contribution in [0.15, 0.2) is 138 Å². The number of methoxy groups -OCH3 is 1. The summed E-state index contributed by atoms with van der Waals surface area (Å²) in [6, 6.07) is 43.5. The van der Waals surface area contributed by atoms with E-state index in [2.05, 4.69) is 53.7 Å². The molecule has 0 unspecified atom stereocenters. The minimum absolute atomic E-state index is 0.0946. The molecular formula is C42H41ClN4O3. The molecule has 0 saturated carbocycles. The van der Waals surface area contributed by atoms with E-state index >= 15 is 0 Å². The van der Waals surface area contributed by atoms with Crippen molar-refractivity contribution in [1.29, 1.82) is 0 Å². The average Bonchev–Trinajstić information content (AvgIpc) is 3.47. The Hall–Kier alpha value is -4.95. The zero-order valence-electron chi connectivity index (χ0n) is 28.3. The Labute approximate surface area is 297 Å². The van der Waals surface area contributed by atoms with E-state index in [-0.39, 0.29) is 17.7 Å². The number of aromatic nitrogens is 2. The highest BCUT2D eigenvalue weighted by molar-refractivity contribution is 6.35. The molecule has 1 N–H and O–H groups in total. The number of para-hydroxylation sites is 1. The fourth-order valence-electron chi connectivity index (χ4n) is 7.50. The van der Waals surface area contributed by atoms with Crippen LogP contribution in [0.4, 0.5) is 0 Å². The highest BCUT2D eigenvalue weighted by Crippen LogP contribution is 2.38. The average molecular weight is 685 g/mol. The standard InChI is InChI=1S/C42H41ClN4O3/c1-45-27-25-35(26-28-45)46-38-20-12-19-36(43)39(38)47(41(46)49)34-23-21-30(22-24-34)29-37(40(48)50-2)44-42(31-13-6-3-7-14-31,32-15-8-4-9-16-32)33-17-10-5-11-18-33/h3-24,35,37,44H,25-29H2,1-2H3/t37-/m0/s1. The maximum absolute atomic E-state index is 14.2. The number of piperidine rings is 1. The van der Waals surface area contributed by atoms with Gasteiger partial charge in [-0.3, -0.25) is 19.2 Å². The molecule has 2 heterocycles. The molecule has 1 saturated heterocycles. The first-order valence-electron chi connectivity index (χ1n) is 17.1. The number of ether oxygens (including phenoxy) is 1. The molecule has 6 aromatic rings. The number of hydrogen-bond donors (Lipinski definition) is 1. The molecule has 0 radical (unpaired) electrons. The normalized spacial score (nSPS) is 14.9. The molecule has 1 atom stereocenters. The van der Waals surface area contributed by atoms with Gasteiger partial charge in [0.1, 0.15) is 6.04 Å². The molecule has 0 spiro atoms. The lowest BCUT2D eigenvalue weighted by molar-refractivity contribution is -0.143. The number of halogens is 1. The number of nitrogens with one attached hydrogen (secondary N) is 1. The minimum atomic E-state index is -0.859. The Balaban J connectivity index is 1.27. The van der Waals surface area contributed by atoms with Gasteiger partial charge in [-0.2, -0.15) is 0 Å². The summed E-state index contributed by atoms with van der Waals surface area (Å²) in [5, 5.41) is 4.32. The van der Waals surface area contributed by atoms with Crippen molar-refractivity contribution in [2.75, 3.05) is 27.2 Å². The summed E-state index contributed by atoms with van der Waals surface area (Å²) in [6.45, 7) is 1.88. The highest BCUT2D eigenvalue weighted by Gasteiger charge is 2.40. The van der Waals surface area contributed by atoms with Crippen LogP contribution >= 0.6 is 11.6 Å². The first kappa shape index (κ1) is 33.5. The first-order chi connectivity index (χ1) is 24.4. The Morgan fingerprint density at radius 3 is 1.86 bits per heavy atom. The topological polar surface area (TPSA) is 68.5 Å². The van der Waals surface area contributed by atoms with E-state index < -0.39 is 11.6 Å². The monoisotopic (exact) mass is 684 g/mol. The summed E-state index contributed by atoms with van der Waals surface area (Å²) in [5.41, 5.74) is 5.23. The van der Waals surface area contributed by atoms with Gasteiger partial charge in [0, 0.05) is 6.04 Å². The summed E-state index contributed by atoms with van der Waals surface area (Å²) in [5.74, 6) is -0.370. The third-order valence-corrected chi connectivity index (χ3v) is 10.3. The lowest BCUT2D eigenvalue weighted by atomic mass is 9.76. The number of likely N-dealkylation sites (tertiary alicyclic amines) is 1. The summed E-state index contributed by atoms with van der Waals surface area (Å²) in [4.78, 5) is 30.1. The quantitative estimate of drug-likeness (QED) is 0.121. The fourth-order valence-corrected chi connectivity index (χ4v) is 7.75. The van der Waals surface area contributed by atoms with Crippen LogP contribution in [0.1, 0.15) is 41.1 Å². The minimum Gasteiger partial charge on any atom is -0.468 e. The van der Waals surface area contributed by atoms with Crippen molar-refractivity contribution in [3.05, 3.63) is 171 Å². The predicted octanol–water partition coefficient (Wildman–Crippen LogP) is 7.38. The molecular weight excluding hydrogens is 644 g/mol. The van der Waals surface area contributed by atoms with Gasteiger partial charge in [0.15, 0.2) is 0 Å². The van der Waals surface area contributed by atoms with E-state index in [1.54, 1.807) is 4.57 Å². The Bertz CT molecular complexity index is 2020. The number of carbonyl (C=O) groups is 1. The molecule has 0 bridgehead atoms. The molecule has 8 heteroatoms. The van der Waals surface area contributed by atoms with Gasteiger partial charge in [-0.25, -0.2) is 4.79 Å². The van der Waals surface area contributed by atoms with Crippen molar-refractivity contribution in [2.24, 2.45) is 0 Å². The van der Waals surface area contributed by atoms with Crippen molar-refractivity contribution in [2.45, 2.75) is 36.9 Å². The highest BCUT2D eigenvalue weighted by atomic mass is 35.5. The molecule has 1 aromatic heterocycles. The smallest absolute Gasteiger partial charge is 0.334 e. The van der Waals surface area contributed by atoms with E-state index in [1.807, 2.05) is 102 Å². The number of rotatable bonds is 10. The number of carbonyl (C=O) groups excluding carboxylic acids is 1. The maximum Gasteiger partial charge on any atom is 0.334 e. The number of nitrogens with zero attached hydrogens (tertiary/aromatic N) is 3. The van der Waals surface area contributed by atoms with Gasteiger partial charge in [0.05, 0.1) is 34.4 Å². The Morgan fingerprint density at radius 1 is 0.800 bits per heavy atom. The molecule has 7 nitrogen and oxygen atoms in total. The van der Waals surface area contributed by atoms with Crippen molar-refractivity contribution < 1.29 is 9.53 Å². The SMILES string of the molecule is COC(=O)[C@H](Cc1ccc(-n2c(=O)n(C3CCN(C)CC3)c3cccc(Cl)c32)cc1)NC(c1ccccc1)(c1ccccc1)c1ccccc1. The number of fused-ring (bicyclic) bond motifs is 1. The van der Waals surface area contributed by atoms with Crippen molar-refractivity contribution in [3.8, 4) is 5.69 Å². The predicted molar refractivity (Wildman–Crippen MR) is 200 cm³/mol. The van der Waals surface area contributed by atoms with Gasteiger partial charge in [0.2, 0.25) is 0 Å². The van der Waals surface area contributed by atoms with Crippen LogP contribution in [0.2, 0.25) is 5.02 Å². The van der Waals surface area contributed by atoms with Crippen molar-refractivity contribution in [3.63, 3.8) is 0 Å². The van der Waals surface area contributed by atoms with E-state index in [0.717, 1.165) is 59.4 Å². The number of hydrogen-bond acceptors (Lipinski definition) is 5. The lowest BCUT2D eigenvalue weighted by Crippen LogP contribution is -2.53. The van der Waals surface area contributed by atoms with Gasteiger partial charge in [0.25, 0.3) is 0 Å². The van der Waals surface area contributed by atoms with E-state index in [0.29, 0.717) is 17.0 Å². The van der Waals surface area contributed by atoms with E-state index in [4.69, 9.17) is 16.3 Å². The molecule has 0 amide bonds. The largest absolute Gasteiger partial charge is 0.468 e. The van der Waals surface area contributed by atoms with Gasteiger partial charge < -0.3 is 9.64 Å². The number of benzene rings is 5. The summed E-state index contributed by atoms with van der Waals surface area (Å²) >= 11 is 6.78. The Morgan fingerprint density at radius 2 is 1.34 bits per heavy atom. The zero-order chi connectivity index (χ0) is 34.7. The van der Waals surface area contributed by atoms with Crippen molar-refractivity contribution >= 4 is 28.6 Å². The molecule has 1 aliphatic rings. The lowest BCUT2D eigenvalue weighted by Gasteiger charge is -2.39. The van der Waals surface area contributed by atoms with E-state index in [1.165, 1.54) is 7.11 Å². The van der Waals surface area contributed by atoms with Crippen LogP contribution in [-0.4, -0.2) is 53.3 Å². The fraction of sp³-hybridized carbons (Fsp3) is 0.238. The molecule has 254 valence electrons. The van der Waals surface area contributed by atoms with Crippen LogP contribution in [-0.2, 0) is 21.5 Å². The van der Waals surface area contributed by atoms with Gasteiger partial charge in [-0.05, 0) is 85.9 Å². The molecule has 0 aliphatic carbocycles. The van der Waals surface area contributed by atoms with Crippen LogP contribution in [0.5, 0.6) is 0 Å². The third kappa shape index (κ3) is 6.29.